The van der Waals surface area contributed by atoms with E-state index < -0.39 is 9.84 Å². The number of aryl methyl sites for hydroxylation is 1. The van der Waals surface area contributed by atoms with Gasteiger partial charge in [0.15, 0.2) is 9.84 Å². The molecule has 28 heavy (non-hydrogen) atoms. The lowest BCUT2D eigenvalue weighted by Gasteiger charge is -2.26. The lowest BCUT2D eigenvalue weighted by Crippen LogP contribution is -2.35. The molecule has 0 saturated carbocycles. The van der Waals surface area contributed by atoms with E-state index in [4.69, 9.17) is 4.74 Å². The number of amides is 1. The first kappa shape index (κ1) is 20.5. The van der Waals surface area contributed by atoms with Crippen LogP contribution in [0.5, 0.6) is 0 Å². The Morgan fingerprint density at radius 2 is 1.82 bits per heavy atom. The summed E-state index contributed by atoms with van der Waals surface area (Å²) in [5.74, 6) is -0.519. The van der Waals surface area contributed by atoms with Crippen molar-refractivity contribution >= 4 is 21.4 Å². The number of nitrogens with one attached hydrogen (secondary N) is 1. The van der Waals surface area contributed by atoms with Crippen LogP contribution < -0.4 is 5.32 Å². The number of carbonyl (C=O) groups is 1. The van der Waals surface area contributed by atoms with Crippen LogP contribution in [0.25, 0.3) is 0 Å². The second kappa shape index (κ2) is 9.32. The van der Waals surface area contributed by atoms with Gasteiger partial charge in [0.1, 0.15) is 0 Å². The first-order valence-electron chi connectivity index (χ1n) is 9.41. The standard InChI is InChI=1S/C21H26N2O4S/c1-17-5-7-20(8-6-17)28(25,26)14-9-21(24)22-19-4-2-3-18(15-19)16-23-10-12-27-13-11-23/h2-8,15H,9-14,16H2,1H3,(H,22,24). The summed E-state index contributed by atoms with van der Waals surface area (Å²) in [7, 11) is -3.47. The predicted octanol–water partition coefficient (Wildman–Crippen LogP) is 2.63. The van der Waals surface area contributed by atoms with Gasteiger partial charge in [-0.15, -0.1) is 0 Å². The first-order chi connectivity index (χ1) is 13.4. The van der Waals surface area contributed by atoms with Crippen molar-refractivity contribution in [2.75, 3.05) is 37.4 Å². The van der Waals surface area contributed by atoms with Crippen LogP contribution in [0.3, 0.4) is 0 Å². The fourth-order valence-corrected chi connectivity index (χ4v) is 4.32. The second-order valence-corrected chi connectivity index (χ2v) is 9.13. The highest BCUT2D eigenvalue weighted by atomic mass is 32.2. The Labute approximate surface area is 166 Å². The van der Waals surface area contributed by atoms with E-state index in [1.54, 1.807) is 24.3 Å². The van der Waals surface area contributed by atoms with E-state index in [1.165, 1.54) is 0 Å². The summed E-state index contributed by atoms with van der Waals surface area (Å²) in [5, 5.41) is 2.81. The zero-order valence-electron chi connectivity index (χ0n) is 16.1. The van der Waals surface area contributed by atoms with Gasteiger partial charge in [-0.3, -0.25) is 9.69 Å². The van der Waals surface area contributed by atoms with Crippen LogP contribution in [0.2, 0.25) is 0 Å². The molecule has 0 radical (unpaired) electrons. The molecule has 0 unspecified atom stereocenters. The third kappa shape index (κ3) is 5.89. The van der Waals surface area contributed by atoms with E-state index in [0.717, 1.165) is 44.0 Å². The Bertz CT molecular complexity index is 904. The molecule has 2 aromatic rings. The molecule has 150 valence electrons. The normalized spacial score (nSPS) is 15.3. The van der Waals surface area contributed by atoms with Crippen molar-refractivity contribution in [3.63, 3.8) is 0 Å². The van der Waals surface area contributed by atoms with E-state index >= 15 is 0 Å². The van der Waals surface area contributed by atoms with Crippen molar-refractivity contribution in [1.82, 2.24) is 4.90 Å². The van der Waals surface area contributed by atoms with Crippen molar-refractivity contribution in [2.24, 2.45) is 0 Å². The molecule has 3 rings (SSSR count). The number of hydrogen-bond acceptors (Lipinski definition) is 5. The van der Waals surface area contributed by atoms with E-state index in [1.807, 2.05) is 31.2 Å². The molecule has 1 aliphatic heterocycles. The first-order valence-corrected chi connectivity index (χ1v) is 11.1. The minimum absolute atomic E-state index is 0.0795. The molecule has 1 fully saturated rings. The van der Waals surface area contributed by atoms with Crippen molar-refractivity contribution in [1.29, 1.82) is 0 Å². The highest BCUT2D eigenvalue weighted by Crippen LogP contribution is 2.16. The molecule has 1 amide bonds. The smallest absolute Gasteiger partial charge is 0.225 e. The highest BCUT2D eigenvalue weighted by molar-refractivity contribution is 7.91. The molecule has 0 bridgehead atoms. The monoisotopic (exact) mass is 402 g/mol. The van der Waals surface area contributed by atoms with E-state index in [0.29, 0.717) is 5.69 Å². The van der Waals surface area contributed by atoms with Gasteiger partial charge in [-0.05, 0) is 36.8 Å². The zero-order chi connectivity index (χ0) is 20.0. The lowest BCUT2D eigenvalue weighted by atomic mass is 10.2. The number of nitrogens with zero attached hydrogens (tertiary/aromatic N) is 1. The maximum atomic E-state index is 12.4. The van der Waals surface area contributed by atoms with Crippen LogP contribution in [0.15, 0.2) is 53.4 Å². The van der Waals surface area contributed by atoms with Crippen LogP contribution in [-0.4, -0.2) is 51.3 Å². The number of anilines is 1. The van der Waals surface area contributed by atoms with Crippen LogP contribution in [0.1, 0.15) is 17.5 Å². The van der Waals surface area contributed by atoms with Crippen LogP contribution in [0, 0.1) is 6.92 Å². The molecule has 1 aliphatic rings. The summed E-state index contributed by atoms with van der Waals surface area (Å²) < 4.78 is 30.1. The Hall–Kier alpha value is -2.22. The van der Waals surface area contributed by atoms with E-state index in [2.05, 4.69) is 10.2 Å². The summed E-state index contributed by atoms with van der Waals surface area (Å²) >= 11 is 0. The average molecular weight is 403 g/mol. The van der Waals surface area contributed by atoms with Gasteiger partial charge < -0.3 is 10.1 Å². The summed E-state index contributed by atoms with van der Waals surface area (Å²) in [6, 6.07) is 14.3. The third-order valence-corrected chi connectivity index (χ3v) is 6.43. The number of morpholine rings is 1. The third-order valence-electron chi connectivity index (χ3n) is 4.70. The van der Waals surface area contributed by atoms with Gasteiger partial charge in [-0.2, -0.15) is 0 Å². The largest absolute Gasteiger partial charge is 0.379 e. The van der Waals surface area contributed by atoms with Crippen molar-refractivity contribution < 1.29 is 17.9 Å². The maximum Gasteiger partial charge on any atom is 0.225 e. The van der Waals surface area contributed by atoms with Gasteiger partial charge in [0.2, 0.25) is 5.91 Å². The van der Waals surface area contributed by atoms with Crippen molar-refractivity contribution in [2.45, 2.75) is 24.8 Å². The van der Waals surface area contributed by atoms with Gasteiger partial charge in [0.25, 0.3) is 0 Å². The van der Waals surface area contributed by atoms with E-state index in [-0.39, 0.29) is 23.0 Å². The molecule has 0 aliphatic carbocycles. The number of sulfone groups is 1. The van der Waals surface area contributed by atoms with Crippen LogP contribution in [-0.2, 0) is 25.9 Å². The van der Waals surface area contributed by atoms with Crippen molar-refractivity contribution in [3.05, 3.63) is 59.7 Å². The van der Waals surface area contributed by atoms with Crippen LogP contribution >= 0.6 is 0 Å². The highest BCUT2D eigenvalue weighted by Gasteiger charge is 2.17. The molecule has 0 spiro atoms. The fourth-order valence-electron chi connectivity index (χ4n) is 3.08. The predicted molar refractivity (Wildman–Crippen MR) is 109 cm³/mol. The minimum Gasteiger partial charge on any atom is -0.379 e. The van der Waals surface area contributed by atoms with Gasteiger partial charge in [0, 0.05) is 31.7 Å². The summed E-state index contributed by atoms with van der Waals surface area (Å²) in [6.07, 6.45) is -0.0795. The number of rotatable bonds is 7. The molecule has 0 atom stereocenters. The number of benzene rings is 2. The molecule has 0 aromatic heterocycles. The number of carbonyl (C=O) groups excluding carboxylic acids is 1. The Balaban J connectivity index is 1.54. The van der Waals surface area contributed by atoms with Gasteiger partial charge >= 0.3 is 0 Å². The van der Waals surface area contributed by atoms with Crippen molar-refractivity contribution in [3.8, 4) is 0 Å². The molecule has 7 heteroatoms. The Morgan fingerprint density at radius 1 is 1.11 bits per heavy atom. The SMILES string of the molecule is Cc1ccc(S(=O)(=O)CCC(=O)Nc2cccc(CN3CCOCC3)c2)cc1. The summed E-state index contributed by atoms with van der Waals surface area (Å²) in [4.78, 5) is 14.8. The summed E-state index contributed by atoms with van der Waals surface area (Å²) in [5.41, 5.74) is 2.78. The Kier molecular flexibility index (Phi) is 6.83. The van der Waals surface area contributed by atoms with Gasteiger partial charge in [-0.1, -0.05) is 29.8 Å². The molecular weight excluding hydrogens is 376 g/mol. The quantitative estimate of drug-likeness (QED) is 0.771. The van der Waals surface area contributed by atoms with Gasteiger partial charge in [-0.25, -0.2) is 8.42 Å². The minimum atomic E-state index is -3.47. The molecule has 2 aromatic carbocycles. The maximum absolute atomic E-state index is 12.4. The van der Waals surface area contributed by atoms with E-state index in [9.17, 15) is 13.2 Å². The topological polar surface area (TPSA) is 75.7 Å². The van der Waals surface area contributed by atoms with Crippen LogP contribution in [0.4, 0.5) is 5.69 Å². The molecule has 1 N–H and O–H groups in total. The zero-order valence-corrected chi connectivity index (χ0v) is 16.9. The average Bonchev–Trinajstić information content (AvgIpc) is 2.68. The lowest BCUT2D eigenvalue weighted by molar-refractivity contribution is -0.115. The number of ether oxygens (including phenoxy) is 1. The molecule has 1 saturated heterocycles. The second-order valence-electron chi connectivity index (χ2n) is 7.02. The number of hydrogen-bond donors (Lipinski definition) is 1. The molecular formula is C21H26N2O4S. The van der Waals surface area contributed by atoms with Gasteiger partial charge in [0.05, 0.1) is 23.9 Å². The Morgan fingerprint density at radius 3 is 2.54 bits per heavy atom. The molecule has 1 heterocycles. The molecule has 6 nitrogen and oxygen atoms in total. The summed E-state index contributed by atoms with van der Waals surface area (Å²) in [6.45, 7) is 5.98. The fraction of sp³-hybridized carbons (Fsp3) is 0.381.